The molecule has 0 saturated heterocycles. The number of aryl methyl sites for hydroxylation is 3. The Morgan fingerprint density at radius 3 is 2.27 bits per heavy atom. The first-order valence-electron chi connectivity index (χ1n) is 11.4. The summed E-state index contributed by atoms with van der Waals surface area (Å²) in [5, 5.41) is 0. The summed E-state index contributed by atoms with van der Waals surface area (Å²) in [6.45, 7) is 1.84. The molecule has 0 aliphatic carbocycles. The number of fused-ring (bicyclic) bond motifs is 1. The van der Waals surface area contributed by atoms with Gasteiger partial charge in [-0.25, -0.2) is 4.79 Å². The molecule has 0 saturated carbocycles. The maximum Gasteiger partial charge on any atom is 0.337 e. The quantitative estimate of drug-likeness (QED) is 0.445. The molecule has 0 atom stereocenters. The average molecular weight is 446 g/mol. The average Bonchev–Trinajstić information content (AvgIpc) is 2.87. The molecule has 5 heteroatoms. The van der Waals surface area contributed by atoms with E-state index < -0.39 is 0 Å². The Bertz CT molecular complexity index is 1090. The summed E-state index contributed by atoms with van der Waals surface area (Å²) >= 11 is 0. The lowest BCUT2D eigenvalue weighted by molar-refractivity contribution is 0.0600. The number of methoxy groups -OCH3 is 3. The fourth-order valence-electron chi connectivity index (χ4n) is 4.57. The van der Waals surface area contributed by atoms with Crippen LogP contribution in [0.3, 0.4) is 0 Å². The van der Waals surface area contributed by atoms with Crippen molar-refractivity contribution in [2.45, 2.75) is 32.2 Å². The summed E-state index contributed by atoms with van der Waals surface area (Å²) in [5.41, 5.74) is 7.09. The van der Waals surface area contributed by atoms with E-state index in [4.69, 9.17) is 14.2 Å². The molecule has 3 aromatic rings. The number of para-hydroxylation sites is 1. The third kappa shape index (κ3) is 5.30. The fourth-order valence-corrected chi connectivity index (χ4v) is 4.57. The Labute approximate surface area is 195 Å². The number of anilines is 1. The molecule has 1 aliphatic rings. The molecule has 172 valence electrons. The molecule has 1 aliphatic heterocycles. The first-order chi connectivity index (χ1) is 16.1. The van der Waals surface area contributed by atoms with Gasteiger partial charge in [-0.15, -0.1) is 0 Å². The molecule has 0 spiro atoms. The Hall–Kier alpha value is -3.47. The fraction of sp³-hybridized carbons (Fsp3) is 0.321. The minimum atomic E-state index is -0.302. The van der Waals surface area contributed by atoms with E-state index in [0.717, 1.165) is 50.3 Å². The molecule has 1 heterocycles. The second kappa shape index (κ2) is 10.4. The number of ether oxygens (including phenoxy) is 3. The topological polar surface area (TPSA) is 48.0 Å². The van der Waals surface area contributed by atoms with Crippen molar-refractivity contribution in [3.63, 3.8) is 0 Å². The second-order valence-electron chi connectivity index (χ2n) is 8.36. The lowest BCUT2D eigenvalue weighted by Crippen LogP contribution is -2.30. The highest BCUT2D eigenvalue weighted by Gasteiger charge is 2.21. The molecule has 0 amide bonds. The van der Waals surface area contributed by atoms with Crippen LogP contribution in [0.1, 0.15) is 39.0 Å². The standard InChI is InChI=1S/C28H31NO4/c1-31-25-16-21(17-26(18-25)32-2)19-29-15-5-8-22-6-4-7-23(27(22)29)12-9-20-10-13-24(14-11-20)28(30)33-3/h4,6-7,10-11,13-14,16-18H,5,8-9,12,15,19H2,1-3H3. The van der Waals surface area contributed by atoms with Gasteiger partial charge in [-0.3, -0.25) is 0 Å². The Morgan fingerprint density at radius 1 is 0.879 bits per heavy atom. The van der Waals surface area contributed by atoms with E-state index in [-0.39, 0.29) is 5.97 Å². The molecule has 0 unspecified atom stereocenters. The third-order valence-corrected chi connectivity index (χ3v) is 6.24. The predicted octanol–water partition coefficient (Wildman–Crippen LogP) is 5.23. The summed E-state index contributed by atoms with van der Waals surface area (Å²) in [7, 11) is 4.78. The number of carbonyl (C=O) groups is 1. The lowest BCUT2D eigenvalue weighted by atomic mass is 9.93. The number of benzene rings is 3. The number of esters is 1. The van der Waals surface area contributed by atoms with Crippen LogP contribution in [-0.4, -0.2) is 33.8 Å². The maximum atomic E-state index is 11.7. The van der Waals surface area contributed by atoms with E-state index in [1.165, 1.54) is 35.1 Å². The zero-order chi connectivity index (χ0) is 23.2. The number of hydrogen-bond acceptors (Lipinski definition) is 5. The first-order valence-corrected chi connectivity index (χ1v) is 11.4. The van der Waals surface area contributed by atoms with Gasteiger partial charge in [0.05, 0.1) is 26.9 Å². The molecule has 33 heavy (non-hydrogen) atoms. The molecule has 0 N–H and O–H groups in total. The summed E-state index contributed by atoms with van der Waals surface area (Å²) in [5.74, 6) is 1.32. The predicted molar refractivity (Wildman–Crippen MR) is 131 cm³/mol. The van der Waals surface area contributed by atoms with Crippen LogP contribution in [0, 0.1) is 0 Å². The number of carbonyl (C=O) groups excluding carboxylic acids is 1. The zero-order valence-corrected chi connectivity index (χ0v) is 19.6. The van der Waals surface area contributed by atoms with Gasteiger partial charge in [0.1, 0.15) is 11.5 Å². The smallest absolute Gasteiger partial charge is 0.337 e. The Balaban J connectivity index is 1.55. The van der Waals surface area contributed by atoms with Crippen molar-refractivity contribution in [3.8, 4) is 11.5 Å². The molecule has 0 radical (unpaired) electrons. The van der Waals surface area contributed by atoms with E-state index in [0.29, 0.717) is 5.56 Å². The van der Waals surface area contributed by atoms with Gasteiger partial charge in [0.15, 0.2) is 0 Å². The van der Waals surface area contributed by atoms with Crippen LogP contribution in [0.2, 0.25) is 0 Å². The minimum absolute atomic E-state index is 0.302. The molecular weight excluding hydrogens is 414 g/mol. The van der Waals surface area contributed by atoms with Crippen molar-refractivity contribution < 1.29 is 19.0 Å². The van der Waals surface area contributed by atoms with Crippen LogP contribution in [-0.2, 0) is 30.5 Å². The van der Waals surface area contributed by atoms with Crippen LogP contribution in [0.25, 0.3) is 0 Å². The van der Waals surface area contributed by atoms with Crippen LogP contribution in [0.4, 0.5) is 5.69 Å². The molecule has 0 fully saturated rings. The van der Waals surface area contributed by atoms with E-state index in [2.05, 4.69) is 35.2 Å². The van der Waals surface area contributed by atoms with E-state index in [1.54, 1.807) is 14.2 Å². The van der Waals surface area contributed by atoms with Crippen molar-refractivity contribution in [3.05, 3.63) is 88.5 Å². The van der Waals surface area contributed by atoms with Crippen molar-refractivity contribution in [2.75, 3.05) is 32.8 Å². The van der Waals surface area contributed by atoms with E-state index >= 15 is 0 Å². The van der Waals surface area contributed by atoms with Gasteiger partial charge in [-0.2, -0.15) is 0 Å². The van der Waals surface area contributed by atoms with Crippen LogP contribution in [0.5, 0.6) is 11.5 Å². The van der Waals surface area contributed by atoms with Gasteiger partial charge >= 0.3 is 5.97 Å². The first kappa shape index (κ1) is 22.7. The summed E-state index contributed by atoms with van der Waals surface area (Å²) in [6, 6.07) is 20.5. The molecule has 0 bridgehead atoms. The van der Waals surface area contributed by atoms with Gasteiger partial charge in [0.2, 0.25) is 0 Å². The normalized spacial score (nSPS) is 12.8. The highest BCUT2D eigenvalue weighted by atomic mass is 16.5. The molecule has 0 aromatic heterocycles. The van der Waals surface area contributed by atoms with Crippen molar-refractivity contribution in [1.29, 1.82) is 0 Å². The van der Waals surface area contributed by atoms with Gasteiger partial charge in [0.25, 0.3) is 0 Å². The molecular formula is C28H31NO4. The minimum Gasteiger partial charge on any atom is -0.497 e. The zero-order valence-electron chi connectivity index (χ0n) is 19.6. The SMILES string of the molecule is COC(=O)c1ccc(CCc2cccc3c2N(Cc2cc(OC)cc(OC)c2)CCC3)cc1. The highest BCUT2D eigenvalue weighted by molar-refractivity contribution is 5.89. The van der Waals surface area contributed by atoms with Crippen LogP contribution >= 0.6 is 0 Å². The van der Waals surface area contributed by atoms with Gasteiger partial charge in [-0.1, -0.05) is 30.3 Å². The summed E-state index contributed by atoms with van der Waals surface area (Å²) in [4.78, 5) is 14.2. The molecule has 3 aromatic carbocycles. The number of nitrogens with zero attached hydrogens (tertiary/aromatic N) is 1. The van der Waals surface area contributed by atoms with E-state index in [1.807, 2.05) is 30.3 Å². The monoisotopic (exact) mass is 445 g/mol. The lowest BCUT2D eigenvalue weighted by Gasteiger charge is -2.34. The maximum absolute atomic E-state index is 11.7. The Kier molecular flexibility index (Phi) is 7.18. The Morgan fingerprint density at radius 2 is 1.61 bits per heavy atom. The third-order valence-electron chi connectivity index (χ3n) is 6.24. The van der Waals surface area contributed by atoms with E-state index in [9.17, 15) is 4.79 Å². The molecule has 4 rings (SSSR count). The van der Waals surface area contributed by atoms with Crippen molar-refractivity contribution in [2.24, 2.45) is 0 Å². The summed E-state index contributed by atoms with van der Waals surface area (Å²) in [6.07, 6.45) is 4.11. The second-order valence-corrected chi connectivity index (χ2v) is 8.36. The van der Waals surface area contributed by atoms with Crippen LogP contribution in [0.15, 0.2) is 60.7 Å². The van der Waals surface area contributed by atoms with Gasteiger partial charge < -0.3 is 19.1 Å². The van der Waals surface area contributed by atoms with Crippen LogP contribution < -0.4 is 14.4 Å². The van der Waals surface area contributed by atoms with Gasteiger partial charge in [-0.05, 0) is 72.2 Å². The van der Waals surface area contributed by atoms with Gasteiger partial charge in [0, 0.05) is 24.8 Å². The summed E-state index contributed by atoms with van der Waals surface area (Å²) < 4.78 is 15.7. The number of rotatable bonds is 8. The van der Waals surface area contributed by atoms with Crippen molar-refractivity contribution >= 4 is 11.7 Å². The number of hydrogen-bond donors (Lipinski definition) is 0. The van der Waals surface area contributed by atoms with Crippen molar-refractivity contribution in [1.82, 2.24) is 0 Å². The largest absolute Gasteiger partial charge is 0.497 e. The highest BCUT2D eigenvalue weighted by Crippen LogP contribution is 2.34. The molecule has 5 nitrogen and oxygen atoms in total.